The molecule has 2 heterocycles. The summed E-state index contributed by atoms with van der Waals surface area (Å²) < 4.78 is 0. The van der Waals surface area contributed by atoms with Gasteiger partial charge in [0.05, 0.1) is 0 Å². The molecule has 0 atom stereocenters. The first kappa shape index (κ1) is 37.2. The Bertz CT molecular complexity index is 1580. The van der Waals surface area contributed by atoms with Gasteiger partial charge in [-0.25, -0.2) is 0 Å². The van der Waals surface area contributed by atoms with Crippen molar-refractivity contribution in [3.05, 3.63) is 106 Å². The SMILES string of the molecule is C[Si]C.Cc1cc2c(-c3ccc(CC(C)C)s3)cccc2[cH-]1.Cc1cc2c(-c3ccc(CC(C)C)s3)cccc2[cH-]1.[Cl][Zr+2][Cl]. The van der Waals surface area contributed by atoms with Crippen molar-refractivity contribution in [3.63, 3.8) is 0 Å². The molecule has 2 aromatic heterocycles. The molecule has 0 fully saturated rings. The third kappa shape index (κ3) is 10.9. The number of halogens is 2. The van der Waals surface area contributed by atoms with Gasteiger partial charge in [0.25, 0.3) is 0 Å². The summed E-state index contributed by atoms with van der Waals surface area (Å²) in [5.74, 6) is 1.45. The fourth-order valence-corrected chi connectivity index (χ4v) is 7.79. The van der Waals surface area contributed by atoms with Crippen molar-refractivity contribution >= 4 is 70.8 Å². The van der Waals surface area contributed by atoms with E-state index in [2.05, 4.69) is 140 Å². The van der Waals surface area contributed by atoms with Crippen LogP contribution >= 0.6 is 39.7 Å². The zero-order valence-corrected chi connectivity index (χ0v) is 33.8. The van der Waals surface area contributed by atoms with E-state index in [0.29, 0.717) is 0 Å². The second kappa shape index (κ2) is 18.8. The van der Waals surface area contributed by atoms with Gasteiger partial charge in [0, 0.05) is 29.0 Å². The van der Waals surface area contributed by atoms with Crippen LogP contribution in [-0.4, -0.2) is 9.52 Å². The number of thiophene rings is 2. The first-order chi connectivity index (χ1) is 21.1. The van der Waals surface area contributed by atoms with Gasteiger partial charge in [0.15, 0.2) is 0 Å². The summed E-state index contributed by atoms with van der Waals surface area (Å²) >= 11 is 3.05. The Morgan fingerprint density at radius 1 is 0.659 bits per heavy atom. The summed E-state index contributed by atoms with van der Waals surface area (Å²) in [5.41, 5.74) is 5.46. The molecule has 0 amide bonds. The van der Waals surface area contributed by atoms with Crippen LogP contribution in [0.2, 0.25) is 13.1 Å². The molecular formula is C38H44Cl2S2SiZr. The first-order valence-corrected chi connectivity index (χ1v) is 25.1. The number of benzene rings is 2. The Morgan fingerprint density at radius 2 is 1.02 bits per heavy atom. The Hall–Kier alpha value is -1.26. The topological polar surface area (TPSA) is 0 Å². The number of fused-ring (bicyclic) bond motifs is 2. The number of aryl methyl sites for hydroxylation is 2. The monoisotopic (exact) mass is 752 g/mol. The summed E-state index contributed by atoms with van der Waals surface area (Å²) in [6.07, 6.45) is 2.36. The van der Waals surface area contributed by atoms with E-state index in [1.54, 1.807) is 0 Å². The van der Waals surface area contributed by atoms with Crippen LogP contribution in [0, 0.1) is 25.7 Å². The van der Waals surface area contributed by atoms with Gasteiger partial charge in [-0.3, -0.25) is 0 Å². The molecule has 0 aliphatic heterocycles. The number of hydrogen-bond donors (Lipinski definition) is 0. The van der Waals surface area contributed by atoms with E-state index >= 15 is 0 Å². The molecule has 0 spiro atoms. The van der Waals surface area contributed by atoms with E-state index in [0.717, 1.165) is 21.4 Å². The molecule has 0 nitrogen and oxygen atoms in total. The minimum atomic E-state index is -0.826. The molecule has 2 radical (unpaired) electrons. The number of hydrogen-bond acceptors (Lipinski definition) is 2. The van der Waals surface area contributed by atoms with Crippen molar-refractivity contribution in [3.8, 4) is 20.9 Å². The summed E-state index contributed by atoms with van der Waals surface area (Å²) in [6, 6.07) is 31.5. The van der Waals surface area contributed by atoms with E-state index in [-0.39, 0.29) is 0 Å². The third-order valence-electron chi connectivity index (χ3n) is 6.86. The predicted molar refractivity (Wildman–Crippen MR) is 201 cm³/mol. The van der Waals surface area contributed by atoms with Gasteiger partial charge in [-0.1, -0.05) is 77.9 Å². The molecule has 4 aromatic carbocycles. The Morgan fingerprint density at radius 3 is 1.36 bits per heavy atom. The summed E-state index contributed by atoms with van der Waals surface area (Å²) in [5, 5.41) is 5.48. The van der Waals surface area contributed by atoms with Crippen molar-refractivity contribution < 1.29 is 20.8 Å². The van der Waals surface area contributed by atoms with Crippen molar-refractivity contribution in [1.82, 2.24) is 0 Å². The molecule has 0 bridgehead atoms. The van der Waals surface area contributed by atoms with E-state index in [1.807, 2.05) is 22.7 Å². The van der Waals surface area contributed by atoms with Crippen LogP contribution in [0.5, 0.6) is 0 Å². The van der Waals surface area contributed by atoms with Crippen LogP contribution in [0.25, 0.3) is 42.4 Å². The second-order valence-electron chi connectivity index (χ2n) is 12.0. The molecule has 44 heavy (non-hydrogen) atoms. The molecule has 0 aliphatic rings. The Balaban J connectivity index is 0.000000204. The van der Waals surface area contributed by atoms with Crippen LogP contribution in [0.15, 0.2) is 84.9 Å². The molecule has 230 valence electrons. The normalized spacial score (nSPS) is 10.6. The molecule has 6 aromatic rings. The summed E-state index contributed by atoms with van der Waals surface area (Å²) in [7, 11) is 11.0. The molecule has 0 aliphatic carbocycles. The maximum atomic E-state index is 4.93. The molecule has 0 saturated carbocycles. The predicted octanol–water partition coefficient (Wildman–Crippen LogP) is 13.8. The van der Waals surface area contributed by atoms with Gasteiger partial charge in [0.2, 0.25) is 0 Å². The van der Waals surface area contributed by atoms with Gasteiger partial charge < -0.3 is 0 Å². The van der Waals surface area contributed by atoms with Crippen molar-refractivity contribution in [1.29, 1.82) is 0 Å². The molecule has 6 rings (SSSR count). The Labute approximate surface area is 295 Å². The quantitative estimate of drug-likeness (QED) is 0.117. The standard InChI is InChI=1S/2C18H19S.C2H6Si.2ClH.Zr/c2*1-12(2)9-15-7-8-18(19-15)16-6-4-5-14-10-13(3)11-17(14)16;1-3-2;;;/h2*4-8,10-12H,9H2,1-3H3;1-2H3;2*1H;/q2*-1;;;;+4/p-2. The molecule has 6 heteroatoms. The average Bonchev–Trinajstić information content (AvgIpc) is 3.75. The Kier molecular flexibility index (Phi) is 15.9. The zero-order valence-electron chi connectivity index (χ0n) is 27.2. The van der Waals surface area contributed by atoms with Crippen LogP contribution in [-0.2, 0) is 33.7 Å². The second-order valence-corrected chi connectivity index (χ2v) is 19.1. The first-order valence-electron chi connectivity index (χ1n) is 15.1. The number of rotatable bonds is 6. The van der Waals surface area contributed by atoms with E-state index in [4.69, 9.17) is 17.0 Å². The third-order valence-corrected chi connectivity index (χ3v) is 9.14. The van der Waals surface area contributed by atoms with Crippen molar-refractivity contribution in [2.24, 2.45) is 11.8 Å². The van der Waals surface area contributed by atoms with Gasteiger partial charge >= 0.3 is 37.9 Å². The fourth-order valence-electron chi connectivity index (χ4n) is 5.27. The van der Waals surface area contributed by atoms with Crippen LogP contribution < -0.4 is 0 Å². The van der Waals surface area contributed by atoms with Crippen molar-refractivity contribution in [2.45, 2.75) is 67.5 Å². The summed E-state index contributed by atoms with van der Waals surface area (Å²) in [4.78, 5) is 5.77. The van der Waals surface area contributed by atoms with Crippen LogP contribution in [0.3, 0.4) is 0 Å². The molecular weight excluding hydrogens is 711 g/mol. The van der Waals surface area contributed by atoms with Crippen LogP contribution in [0.4, 0.5) is 0 Å². The zero-order chi connectivity index (χ0) is 32.2. The molecule has 0 saturated heterocycles. The van der Waals surface area contributed by atoms with E-state index in [1.165, 1.54) is 76.1 Å². The van der Waals surface area contributed by atoms with Crippen LogP contribution in [0.1, 0.15) is 48.6 Å². The van der Waals surface area contributed by atoms with Crippen molar-refractivity contribution in [2.75, 3.05) is 0 Å². The van der Waals surface area contributed by atoms with Gasteiger partial charge in [-0.15, -0.1) is 91.7 Å². The van der Waals surface area contributed by atoms with Gasteiger partial charge in [-0.2, -0.15) is 12.1 Å². The van der Waals surface area contributed by atoms with E-state index in [9.17, 15) is 0 Å². The average molecular weight is 755 g/mol. The molecule has 0 unspecified atom stereocenters. The fraction of sp³-hybridized carbons (Fsp3) is 0.316. The maximum absolute atomic E-state index is 4.93. The van der Waals surface area contributed by atoms with Gasteiger partial charge in [-0.05, 0) is 48.9 Å². The van der Waals surface area contributed by atoms with Gasteiger partial charge in [0.1, 0.15) is 0 Å². The minimum absolute atomic E-state index is 0.725. The van der Waals surface area contributed by atoms with E-state index < -0.39 is 20.8 Å². The molecule has 0 N–H and O–H groups in total. The summed E-state index contributed by atoms with van der Waals surface area (Å²) in [6.45, 7) is 17.8.